The van der Waals surface area contributed by atoms with E-state index in [4.69, 9.17) is 14.4 Å². The lowest BCUT2D eigenvalue weighted by Gasteiger charge is -2.15. The molecule has 0 unspecified atom stereocenters. The maximum Gasteiger partial charge on any atom is 0.160 e. The van der Waals surface area contributed by atoms with E-state index < -0.39 is 0 Å². The Morgan fingerprint density at radius 1 is 0.288 bits per heavy atom. The van der Waals surface area contributed by atoms with Gasteiger partial charge in [0.15, 0.2) is 5.82 Å². The van der Waals surface area contributed by atoms with Crippen LogP contribution < -0.4 is 0 Å². The van der Waals surface area contributed by atoms with Crippen LogP contribution in [0.25, 0.3) is 111 Å². The lowest BCUT2D eigenvalue weighted by atomic mass is 9.91. The first-order valence-corrected chi connectivity index (χ1v) is 20.0. The highest BCUT2D eigenvalue weighted by molar-refractivity contribution is 6.10. The second-order valence-electron chi connectivity index (χ2n) is 15.0. The third-order valence-corrected chi connectivity index (χ3v) is 11.3. The monoisotopic (exact) mass is 752 g/mol. The van der Waals surface area contributed by atoms with Crippen molar-refractivity contribution >= 4 is 32.7 Å². The number of aromatic nitrogens is 2. The summed E-state index contributed by atoms with van der Waals surface area (Å²) in [5.41, 5.74) is 15.4. The van der Waals surface area contributed by atoms with Gasteiger partial charge in [0.05, 0.1) is 11.4 Å². The fourth-order valence-electron chi connectivity index (χ4n) is 8.36. The van der Waals surface area contributed by atoms with Crippen molar-refractivity contribution in [2.75, 3.05) is 0 Å². The topological polar surface area (TPSA) is 38.9 Å². The van der Waals surface area contributed by atoms with Crippen molar-refractivity contribution < 1.29 is 4.42 Å². The molecular weight excluding hydrogens is 717 g/mol. The van der Waals surface area contributed by atoms with Crippen LogP contribution >= 0.6 is 0 Å². The van der Waals surface area contributed by atoms with E-state index in [1.165, 1.54) is 21.9 Å². The molecule has 2 aromatic heterocycles. The molecule has 3 nitrogen and oxygen atoms in total. The van der Waals surface area contributed by atoms with E-state index in [1.54, 1.807) is 0 Å². The molecule has 0 aliphatic rings. The normalized spacial score (nSPS) is 11.4. The molecule has 0 spiro atoms. The van der Waals surface area contributed by atoms with Gasteiger partial charge in [0.25, 0.3) is 0 Å². The quantitative estimate of drug-likeness (QED) is 0.163. The molecule has 2 heterocycles. The summed E-state index contributed by atoms with van der Waals surface area (Å²) in [7, 11) is 0. The van der Waals surface area contributed by atoms with Gasteiger partial charge in [-0.15, -0.1) is 0 Å². The summed E-state index contributed by atoms with van der Waals surface area (Å²) >= 11 is 0. The summed E-state index contributed by atoms with van der Waals surface area (Å²) in [6.45, 7) is 0. The van der Waals surface area contributed by atoms with Gasteiger partial charge in [0, 0.05) is 33.0 Å². The predicted molar refractivity (Wildman–Crippen MR) is 245 cm³/mol. The van der Waals surface area contributed by atoms with Crippen molar-refractivity contribution in [2.24, 2.45) is 0 Å². The Bertz CT molecular complexity index is 3320. The lowest BCUT2D eigenvalue weighted by Crippen LogP contribution is -1.97. The second kappa shape index (κ2) is 14.6. The largest absolute Gasteiger partial charge is 0.455 e. The van der Waals surface area contributed by atoms with Gasteiger partial charge in [-0.25, -0.2) is 9.97 Å². The van der Waals surface area contributed by atoms with Crippen LogP contribution in [0.1, 0.15) is 0 Å². The molecule has 11 aromatic rings. The van der Waals surface area contributed by atoms with Crippen LogP contribution in [-0.4, -0.2) is 9.97 Å². The van der Waals surface area contributed by atoms with Crippen LogP contribution in [0.2, 0.25) is 0 Å². The zero-order chi connectivity index (χ0) is 39.1. The first kappa shape index (κ1) is 34.4. The molecular formula is C56H36N2O. The van der Waals surface area contributed by atoms with Gasteiger partial charge in [-0.05, 0) is 92.2 Å². The molecule has 9 aromatic carbocycles. The smallest absolute Gasteiger partial charge is 0.160 e. The third kappa shape index (κ3) is 6.45. The molecule has 0 amide bonds. The third-order valence-electron chi connectivity index (χ3n) is 11.3. The van der Waals surface area contributed by atoms with E-state index in [-0.39, 0.29) is 0 Å². The Balaban J connectivity index is 1.12. The Kier molecular flexibility index (Phi) is 8.49. The van der Waals surface area contributed by atoms with E-state index in [2.05, 4.69) is 188 Å². The molecule has 11 rings (SSSR count). The maximum absolute atomic E-state index is 6.61. The number of furan rings is 1. The van der Waals surface area contributed by atoms with Crippen LogP contribution in [-0.2, 0) is 0 Å². The van der Waals surface area contributed by atoms with Gasteiger partial charge < -0.3 is 4.42 Å². The fourth-order valence-corrected chi connectivity index (χ4v) is 8.36. The summed E-state index contributed by atoms with van der Waals surface area (Å²) < 4.78 is 6.61. The van der Waals surface area contributed by atoms with Crippen molar-refractivity contribution in [1.82, 2.24) is 9.97 Å². The predicted octanol–water partition coefficient (Wildman–Crippen LogP) is 15.2. The molecule has 0 bridgehead atoms. The number of fused-ring (bicyclic) bond motifs is 4. The molecule has 0 aliphatic carbocycles. The molecule has 59 heavy (non-hydrogen) atoms. The summed E-state index contributed by atoms with van der Waals surface area (Å²) in [6.07, 6.45) is 0. The number of hydrogen-bond donors (Lipinski definition) is 0. The van der Waals surface area contributed by atoms with Gasteiger partial charge in [0.2, 0.25) is 0 Å². The average Bonchev–Trinajstić information content (AvgIpc) is 3.71. The molecule has 0 aliphatic heterocycles. The minimum absolute atomic E-state index is 0.672. The molecule has 3 heteroatoms. The second-order valence-corrected chi connectivity index (χ2v) is 15.0. The molecule has 0 saturated carbocycles. The first-order chi connectivity index (χ1) is 29.2. The molecule has 0 radical (unpaired) electrons. The van der Waals surface area contributed by atoms with Crippen LogP contribution in [0, 0.1) is 0 Å². The standard InChI is InChI=1S/C56H36N2O/c1-3-15-37(16-4-1)40-21-11-22-41(31-40)42-23-12-24-43(32-42)52-36-53(58-56(57-52)39-18-5-2-6-19-39)46-34-44(48-27-13-20-38-17-7-8-25-47(38)48)33-45(35-46)49-28-14-29-51-50-26-9-10-30-54(50)59-55(49)51/h1-36H. The number of benzene rings is 9. The van der Waals surface area contributed by atoms with Gasteiger partial charge in [-0.3, -0.25) is 0 Å². The summed E-state index contributed by atoms with van der Waals surface area (Å²) in [5.74, 6) is 0.672. The Hall–Kier alpha value is -7.88. The lowest BCUT2D eigenvalue weighted by molar-refractivity contribution is 0.670. The van der Waals surface area contributed by atoms with Crippen molar-refractivity contribution in [3.8, 4) is 78.4 Å². The minimum atomic E-state index is 0.672. The maximum atomic E-state index is 6.61. The van der Waals surface area contributed by atoms with Crippen molar-refractivity contribution in [3.05, 3.63) is 218 Å². The van der Waals surface area contributed by atoms with Gasteiger partial charge in [0.1, 0.15) is 11.2 Å². The number of nitrogens with zero attached hydrogens (tertiary/aromatic N) is 2. The van der Waals surface area contributed by atoms with E-state index >= 15 is 0 Å². The molecule has 276 valence electrons. The SMILES string of the molecule is c1ccc(-c2cccc(-c3cccc(-c4cc(-c5cc(-c6cccc7ccccc67)cc(-c6cccc7c6oc6ccccc67)c5)nc(-c5ccccc5)n4)c3)c2)cc1. The van der Waals surface area contributed by atoms with Crippen LogP contribution in [0.4, 0.5) is 0 Å². The number of hydrogen-bond acceptors (Lipinski definition) is 3. The first-order valence-electron chi connectivity index (χ1n) is 20.0. The Morgan fingerprint density at radius 2 is 0.763 bits per heavy atom. The number of para-hydroxylation sites is 2. The Morgan fingerprint density at radius 3 is 1.54 bits per heavy atom. The van der Waals surface area contributed by atoms with Crippen LogP contribution in [0.15, 0.2) is 223 Å². The van der Waals surface area contributed by atoms with E-state index in [1.807, 2.05) is 30.3 Å². The van der Waals surface area contributed by atoms with Crippen molar-refractivity contribution in [1.29, 1.82) is 0 Å². The van der Waals surface area contributed by atoms with Crippen LogP contribution in [0.3, 0.4) is 0 Å². The minimum Gasteiger partial charge on any atom is -0.455 e. The molecule has 0 fully saturated rings. The van der Waals surface area contributed by atoms with Gasteiger partial charge in [-0.2, -0.15) is 0 Å². The molecule has 0 atom stereocenters. The highest BCUT2D eigenvalue weighted by Crippen LogP contribution is 2.41. The van der Waals surface area contributed by atoms with Gasteiger partial charge >= 0.3 is 0 Å². The highest BCUT2D eigenvalue weighted by Gasteiger charge is 2.18. The zero-order valence-electron chi connectivity index (χ0n) is 32.1. The number of rotatable bonds is 7. The van der Waals surface area contributed by atoms with E-state index in [9.17, 15) is 0 Å². The summed E-state index contributed by atoms with van der Waals surface area (Å²) in [5, 5.41) is 4.60. The van der Waals surface area contributed by atoms with Gasteiger partial charge in [-0.1, -0.05) is 176 Å². The van der Waals surface area contributed by atoms with Crippen LogP contribution in [0.5, 0.6) is 0 Å². The summed E-state index contributed by atoms with van der Waals surface area (Å²) in [6, 6.07) is 77.0. The zero-order valence-corrected chi connectivity index (χ0v) is 32.1. The van der Waals surface area contributed by atoms with Crippen molar-refractivity contribution in [2.45, 2.75) is 0 Å². The summed E-state index contributed by atoms with van der Waals surface area (Å²) in [4.78, 5) is 10.6. The molecule has 0 saturated heterocycles. The fraction of sp³-hybridized carbons (Fsp3) is 0. The average molecular weight is 753 g/mol. The van der Waals surface area contributed by atoms with Crippen molar-refractivity contribution in [3.63, 3.8) is 0 Å². The highest BCUT2D eigenvalue weighted by atomic mass is 16.3. The Labute approximate surface area is 342 Å². The van der Waals surface area contributed by atoms with E-state index in [0.29, 0.717) is 5.82 Å². The van der Waals surface area contributed by atoms with E-state index in [0.717, 1.165) is 83.4 Å². The molecule has 0 N–H and O–H groups in total.